The summed E-state index contributed by atoms with van der Waals surface area (Å²) >= 11 is 0. The van der Waals surface area contributed by atoms with Gasteiger partial charge >= 0.3 is 6.09 Å². The molecule has 1 unspecified atom stereocenters. The molecule has 0 radical (unpaired) electrons. The van der Waals surface area contributed by atoms with Crippen LogP contribution < -0.4 is 0 Å². The van der Waals surface area contributed by atoms with Gasteiger partial charge in [0.25, 0.3) is 0 Å². The summed E-state index contributed by atoms with van der Waals surface area (Å²) in [6.07, 6.45) is 0.627. The Morgan fingerprint density at radius 2 is 1.83 bits per heavy atom. The van der Waals surface area contributed by atoms with Gasteiger partial charge in [-0.2, -0.15) is 0 Å². The van der Waals surface area contributed by atoms with Crippen molar-refractivity contribution in [3.63, 3.8) is 0 Å². The van der Waals surface area contributed by atoms with Crippen molar-refractivity contribution in [2.45, 2.75) is 18.5 Å². The van der Waals surface area contributed by atoms with Crippen molar-refractivity contribution in [3.05, 3.63) is 71.4 Å². The number of carbonyl (C=O) groups excluding carboxylic acids is 1. The summed E-state index contributed by atoms with van der Waals surface area (Å²) in [7, 11) is 0. The van der Waals surface area contributed by atoms with Crippen molar-refractivity contribution >= 4 is 17.0 Å². The molecule has 1 fully saturated rings. The molecule has 4 nitrogen and oxygen atoms in total. The van der Waals surface area contributed by atoms with Crippen molar-refractivity contribution < 1.29 is 9.53 Å². The van der Waals surface area contributed by atoms with Gasteiger partial charge in [0, 0.05) is 16.6 Å². The number of hydrogen-bond acceptors (Lipinski definition) is 2. The summed E-state index contributed by atoms with van der Waals surface area (Å²) in [6, 6.07) is 18.5. The molecule has 2 aromatic carbocycles. The van der Waals surface area contributed by atoms with E-state index < -0.39 is 0 Å². The van der Waals surface area contributed by atoms with Gasteiger partial charge in [-0.15, -0.1) is 0 Å². The van der Waals surface area contributed by atoms with E-state index in [0.717, 1.165) is 23.2 Å². The van der Waals surface area contributed by atoms with Crippen molar-refractivity contribution in [3.8, 4) is 0 Å². The van der Waals surface area contributed by atoms with E-state index in [1.54, 1.807) is 0 Å². The maximum absolute atomic E-state index is 12.3. The highest BCUT2D eigenvalue weighted by Crippen LogP contribution is 2.42. The Morgan fingerprint density at radius 3 is 2.70 bits per heavy atom. The van der Waals surface area contributed by atoms with Gasteiger partial charge < -0.3 is 9.72 Å². The maximum atomic E-state index is 12.3. The monoisotopic (exact) mass is 304 g/mol. The Hall–Kier alpha value is -2.75. The highest BCUT2D eigenvalue weighted by atomic mass is 16.6. The van der Waals surface area contributed by atoms with Crippen LogP contribution in [0.2, 0.25) is 0 Å². The second kappa shape index (κ2) is 4.62. The molecule has 2 aliphatic rings. The number of cyclic esters (lactones) is 1. The normalized spacial score (nSPS) is 22.8. The molecule has 0 spiro atoms. The minimum Gasteiger partial charge on any atom is -0.447 e. The van der Waals surface area contributed by atoms with E-state index >= 15 is 0 Å². The largest absolute Gasteiger partial charge is 0.447 e. The van der Waals surface area contributed by atoms with Crippen molar-refractivity contribution in [2.24, 2.45) is 0 Å². The van der Waals surface area contributed by atoms with Crippen LogP contribution in [-0.4, -0.2) is 28.6 Å². The van der Waals surface area contributed by atoms with Gasteiger partial charge in [0.1, 0.15) is 12.6 Å². The molecule has 3 heterocycles. The summed E-state index contributed by atoms with van der Waals surface area (Å²) in [5.74, 6) is 0. The number of nitrogens with zero attached hydrogens (tertiary/aromatic N) is 1. The third kappa shape index (κ3) is 1.75. The lowest BCUT2D eigenvalue weighted by atomic mass is 9.89. The number of carbonyl (C=O) groups is 1. The second-order valence-electron chi connectivity index (χ2n) is 6.22. The van der Waals surface area contributed by atoms with Gasteiger partial charge in [-0.25, -0.2) is 4.79 Å². The number of ether oxygens (including phenoxy) is 1. The number of benzene rings is 2. The van der Waals surface area contributed by atoms with Crippen LogP contribution in [-0.2, 0) is 11.2 Å². The Kier molecular flexibility index (Phi) is 2.56. The zero-order valence-corrected chi connectivity index (χ0v) is 12.5. The predicted octanol–water partition coefficient (Wildman–Crippen LogP) is 3.63. The lowest BCUT2D eigenvalue weighted by Gasteiger charge is -2.35. The first kappa shape index (κ1) is 12.8. The minimum absolute atomic E-state index is 0.104. The van der Waals surface area contributed by atoms with Crippen LogP contribution in [0.3, 0.4) is 0 Å². The summed E-state index contributed by atoms with van der Waals surface area (Å²) in [5, 5.41) is 1.25. The first-order valence-electron chi connectivity index (χ1n) is 7.92. The Balaban J connectivity index is 1.78. The maximum Gasteiger partial charge on any atom is 0.411 e. The van der Waals surface area contributed by atoms with E-state index in [-0.39, 0.29) is 18.2 Å². The molecule has 0 saturated carbocycles. The van der Waals surface area contributed by atoms with Gasteiger partial charge in [-0.05, 0) is 23.6 Å². The van der Waals surface area contributed by atoms with E-state index in [4.69, 9.17) is 4.74 Å². The van der Waals surface area contributed by atoms with Crippen LogP contribution in [0.4, 0.5) is 4.79 Å². The van der Waals surface area contributed by atoms with Gasteiger partial charge in [-0.1, -0.05) is 48.5 Å². The first-order valence-corrected chi connectivity index (χ1v) is 7.92. The molecule has 0 bridgehead atoms. The van der Waals surface area contributed by atoms with Gasteiger partial charge in [0.05, 0.1) is 6.04 Å². The molecule has 4 heteroatoms. The van der Waals surface area contributed by atoms with Crippen LogP contribution in [0.5, 0.6) is 0 Å². The van der Waals surface area contributed by atoms with Gasteiger partial charge in [-0.3, -0.25) is 4.90 Å². The van der Waals surface area contributed by atoms with Crippen molar-refractivity contribution in [2.75, 3.05) is 6.61 Å². The van der Waals surface area contributed by atoms with Crippen LogP contribution >= 0.6 is 0 Å². The quantitative estimate of drug-likeness (QED) is 0.746. The van der Waals surface area contributed by atoms with E-state index in [0.29, 0.717) is 6.61 Å². The van der Waals surface area contributed by atoms with Gasteiger partial charge in [0.15, 0.2) is 0 Å². The summed E-state index contributed by atoms with van der Waals surface area (Å²) < 4.78 is 5.34. The van der Waals surface area contributed by atoms with E-state index in [1.807, 2.05) is 29.2 Å². The lowest BCUT2D eigenvalue weighted by Crippen LogP contribution is -2.42. The molecule has 3 aromatic rings. The third-order valence-corrected chi connectivity index (χ3v) is 4.96. The zero-order chi connectivity index (χ0) is 15.4. The average Bonchev–Trinajstić information content (AvgIpc) is 3.15. The van der Waals surface area contributed by atoms with Crippen molar-refractivity contribution in [1.82, 2.24) is 9.88 Å². The predicted molar refractivity (Wildman–Crippen MR) is 87.3 cm³/mol. The zero-order valence-electron chi connectivity index (χ0n) is 12.5. The molecule has 2 aliphatic heterocycles. The molecule has 1 N–H and O–H groups in total. The van der Waals surface area contributed by atoms with Crippen LogP contribution in [0.15, 0.2) is 54.6 Å². The van der Waals surface area contributed by atoms with Crippen LogP contribution in [0.25, 0.3) is 10.9 Å². The summed E-state index contributed by atoms with van der Waals surface area (Å²) in [4.78, 5) is 17.8. The van der Waals surface area contributed by atoms with E-state index in [2.05, 4.69) is 35.3 Å². The molecular formula is C19H16N2O2. The molecule has 5 rings (SSSR count). The number of hydrogen-bond donors (Lipinski definition) is 1. The molecule has 1 amide bonds. The number of nitrogens with one attached hydrogen (secondary N) is 1. The number of H-pyrrole nitrogens is 1. The molecule has 1 saturated heterocycles. The topological polar surface area (TPSA) is 45.3 Å². The van der Waals surface area contributed by atoms with Crippen LogP contribution in [0.1, 0.15) is 22.9 Å². The first-order chi connectivity index (χ1) is 11.3. The highest BCUT2D eigenvalue weighted by Gasteiger charge is 2.45. The summed E-state index contributed by atoms with van der Waals surface area (Å²) in [5.41, 5.74) is 4.68. The molecule has 114 valence electrons. The lowest BCUT2D eigenvalue weighted by molar-refractivity contribution is 0.147. The number of aromatic amines is 1. The molecule has 2 atom stereocenters. The number of amides is 1. The number of rotatable bonds is 1. The molecule has 0 aliphatic carbocycles. The fraction of sp³-hybridized carbons (Fsp3) is 0.211. The van der Waals surface area contributed by atoms with Gasteiger partial charge in [0.2, 0.25) is 0 Å². The number of aromatic nitrogens is 1. The Labute approximate surface area is 133 Å². The van der Waals surface area contributed by atoms with E-state index in [1.165, 1.54) is 10.9 Å². The smallest absolute Gasteiger partial charge is 0.411 e. The van der Waals surface area contributed by atoms with E-state index in [9.17, 15) is 4.79 Å². The average molecular weight is 304 g/mol. The third-order valence-electron chi connectivity index (χ3n) is 4.96. The van der Waals surface area contributed by atoms with Crippen molar-refractivity contribution in [1.29, 1.82) is 0 Å². The molecule has 1 aromatic heterocycles. The minimum atomic E-state index is -0.215. The fourth-order valence-electron chi connectivity index (χ4n) is 3.96. The summed E-state index contributed by atoms with van der Waals surface area (Å²) in [6.45, 7) is 0.473. The molecular weight excluding hydrogens is 288 g/mol. The fourth-order valence-corrected chi connectivity index (χ4v) is 3.96. The number of para-hydroxylation sites is 1. The number of fused-ring (bicyclic) bond motifs is 4. The Bertz CT molecular complexity index is 900. The molecule has 23 heavy (non-hydrogen) atoms. The standard InChI is InChI=1S/C19H16N2O2/c22-19-21-13(11-23-19)10-15-14-8-4-5-9-16(14)20-17(15)18(21)12-6-2-1-3-7-12/h1-9,13,18,20H,10-11H2/t13?,18-/m1/s1. The SMILES string of the molecule is O=C1OCC2Cc3c([nH]c4ccccc34)[C@@H](c3ccccc3)N12. The highest BCUT2D eigenvalue weighted by molar-refractivity contribution is 5.86. The van der Waals surface area contributed by atoms with Crippen LogP contribution in [0, 0.1) is 0 Å². The second-order valence-corrected chi connectivity index (χ2v) is 6.22. The Morgan fingerprint density at radius 1 is 1.04 bits per heavy atom.